The van der Waals surface area contributed by atoms with Crippen molar-refractivity contribution in [3.63, 3.8) is 0 Å². The molecule has 0 fully saturated rings. The minimum Gasteiger partial charge on any atom is -0.481 e. The highest BCUT2D eigenvalue weighted by Gasteiger charge is 2.12. The molecule has 0 aliphatic carbocycles. The lowest BCUT2D eigenvalue weighted by molar-refractivity contribution is -0.133. The van der Waals surface area contributed by atoms with Gasteiger partial charge in [0, 0.05) is 11.6 Å². The molecule has 2 rings (SSSR count). The minimum absolute atomic E-state index is 0.0196. The van der Waals surface area contributed by atoms with Gasteiger partial charge in [-0.15, -0.1) is 6.58 Å². The Labute approximate surface area is 113 Å². The van der Waals surface area contributed by atoms with Crippen molar-refractivity contribution in [3.05, 3.63) is 35.9 Å². The van der Waals surface area contributed by atoms with Crippen molar-refractivity contribution < 1.29 is 9.90 Å². The molecule has 1 aromatic carbocycles. The Hall–Kier alpha value is -1.46. The molecular weight excluding hydrogens is 272 g/mol. The second-order valence-electron chi connectivity index (χ2n) is 3.61. The molecule has 1 aromatic heterocycles. The van der Waals surface area contributed by atoms with Crippen LogP contribution in [0.15, 0.2) is 36.0 Å². The molecule has 0 spiro atoms. The van der Waals surface area contributed by atoms with Gasteiger partial charge in [-0.1, -0.05) is 29.4 Å². The average Bonchev–Trinajstić information content (AvgIpc) is 2.64. The molecule has 1 heterocycles. The highest BCUT2D eigenvalue weighted by molar-refractivity contribution is 7.99. The predicted octanol–water partition coefficient (Wildman–Crippen LogP) is 3.05. The fraction of sp³-hybridized carbons (Fsp3) is 0.167. The van der Waals surface area contributed by atoms with Gasteiger partial charge in [-0.05, 0) is 18.2 Å². The van der Waals surface area contributed by atoms with Gasteiger partial charge in [-0.3, -0.25) is 4.79 Å². The Bertz CT molecular complexity index is 609. The van der Waals surface area contributed by atoms with Crippen molar-refractivity contribution >= 4 is 40.4 Å². The zero-order chi connectivity index (χ0) is 13.1. The SMILES string of the molecule is C=CCn1c(SCC(=O)O)nc2cc(Cl)ccc21. The summed E-state index contributed by atoms with van der Waals surface area (Å²) >= 11 is 7.10. The summed E-state index contributed by atoms with van der Waals surface area (Å²) < 4.78 is 1.92. The molecule has 6 heteroatoms. The first-order chi connectivity index (χ1) is 8.61. The van der Waals surface area contributed by atoms with Crippen molar-refractivity contribution in [3.8, 4) is 0 Å². The molecule has 2 aromatic rings. The van der Waals surface area contributed by atoms with Crippen LogP contribution in [-0.2, 0) is 11.3 Å². The molecule has 0 bridgehead atoms. The number of imidazole rings is 1. The Kier molecular flexibility index (Phi) is 3.93. The molecule has 0 saturated heterocycles. The summed E-state index contributed by atoms with van der Waals surface area (Å²) in [5.41, 5.74) is 1.68. The van der Waals surface area contributed by atoms with Gasteiger partial charge in [0.25, 0.3) is 0 Å². The Morgan fingerprint density at radius 2 is 2.39 bits per heavy atom. The van der Waals surface area contributed by atoms with Crippen LogP contribution in [0.3, 0.4) is 0 Å². The summed E-state index contributed by atoms with van der Waals surface area (Å²) in [5, 5.41) is 9.99. The van der Waals surface area contributed by atoms with Gasteiger partial charge in [-0.25, -0.2) is 4.98 Å². The van der Waals surface area contributed by atoms with Crippen LogP contribution in [0.2, 0.25) is 5.02 Å². The van der Waals surface area contributed by atoms with E-state index in [-0.39, 0.29) is 5.75 Å². The standard InChI is InChI=1S/C12H11ClN2O2S/c1-2-5-15-10-4-3-8(13)6-9(10)14-12(15)18-7-11(16)17/h2-4,6H,1,5,7H2,(H,16,17). The smallest absolute Gasteiger partial charge is 0.313 e. The topological polar surface area (TPSA) is 55.1 Å². The molecule has 0 atom stereocenters. The number of nitrogens with zero attached hydrogens (tertiary/aromatic N) is 2. The van der Waals surface area contributed by atoms with Crippen molar-refractivity contribution in [2.75, 3.05) is 5.75 Å². The maximum absolute atomic E-state index is 10.6. The number of halogens is 1. The summed E-state index contributed by atoms with van der Waals surface area (Å²) in [6.45, 7) is 4.28. The fourth-order valence-corrected chi connectivity index (χ4v) is 2.53. The number of fused-ring (bicyclic) bond motifs is 1. The van der Waals surface area contributed by atoms with E-state index in [0.717, 1.165) is 11.0 Å². The highest BCUT2D eigenvalue weighted by Crippen LogP contribution is 2.26. The van der Waals surface area contributed by atoms with Crippen LogP contribution in [0, 0.1) is 0 Å². The van der Waals surface area contributed by atoms with E-state index in [9.17, 15) is 4.79 Å². The van der Waals surface area contributed by atoms with Gasteiger partial charge in [0.05, 0.1) is 16.8 Å². The van der Waals surface area contributed by atoms with Gasteiger partial charge >= 0.3 is 5.97 Å². The molecule has 1 N–H and O–H groups in total. The van der Waals surface area contributed by atoms with Crippen LogP contribution < -0.4 is 0 Å². The first-order valence-electron chi connectivity index (χ1n) is 5.23. The number of hydrogen-bond donors (Lipinski definition) is 1. The number of aromatic nitrogens is 2. The fourth-order valence-electron chi connectivity index (χ4n) is 1.62. The molecule has 0 unspecified atom stereocenters. The molecule has 0 amide bonds. The normalized spacial score (nSPS) is 10.7. The van der Waals surface area contributed by atoms with E-state index in [2.05, 4.69) is 11.6 Å². The van der Waals surface area contributed by atoms with Crippen molar-refractivity contribution in [2.24, 2.45) is 0 Å². The molecule has 0 aliphatic heterocycles. The van der Waals surface area contributed by atoms with E-state index >= 15 is 0 Å². The van der Waals surface area contributed by atoms with E-state index in [1.54, 1.807) is 18.2 Å². The largest absolute Gasteiger partial charge is 0.481 e. The van der Waals surface area contributed by atoms with Crippen molar-refractivity contribution in [2.45, 2.75) is 11.7 Å². The van der Waals surface area contributed by atoms with Crippen molar-refractivity contribution in [1.82, 2.24) is 9.55 Å². The lowest BCUT2D eigenvalue weighted by Crippen LogP contribution is -2.02. The molecule has 4 nitrogen and oxygen atoms in total. The highest BCUT2D eigenvalue weighted by atomic mass is 35.5. The van der Waals surface area contributed by atoms with Gasteiger partial charge in [0.2, 0.25) is 0 Å². The number of carboxylic acids is 1. The van der Waals surface area contributed by atoms with Gasteiger partial charge < -0.3 is 9.67 Å². The molecule has 18 heavy (non-hydrogen) atoms. The lowest BCUT2D eigenvalue weighted by Gasteiger charge is -2.04. The van der Waals surface area contributed by atoms with E-state index in [1.165, 1.54) is 11.8 Å². The third-order valence-electron chi connectivity index (χ3n) is 2.31. The monoisotopic (exact) mass is 282 g/mol. The predicted molar refractivity (Wildman–Crippen MR) is 73.3 cm³/mol. The lowest BCUT2D eigenvalue weighted by atomic mass is 10.3. The third kappa shape index (κ3) is 2.68. The van der Waals surface area contributed by atoms with E-state index in [1.807, 2.05) is 10.6 Å². The number of benzene rings is 1. The van der Waals surface area contributed by atoms with Crippen LogP contribution in [0.25, 0.3) is 11.0 Å². The van der Waals surface area contributed by atoms with Gasteiger partial charge in [0.15, 0.2) is 5.16 Å². The number of allylic oxidation sites excluding steroid dienone is 1. The molecular formula is C12H11ClN2O2S. The van der Waals surface area contributed by atoms with Crippen molar-refractivity contribution in [1.29, 1.82) is 0 Å². The van der Waals surface area contributed by atoms with Crippen LogP contribution in [0.4, 0.5) is 0 Å². The van der Waals surface area contributed by atoms with Crippen LogP contribution in [-0.4, -0.2) is 26.4 Å². The first-order valence-corrected chi connectivity index (χ1v) is 6.59. The van der Waals surface area contributed by atoms with Gasteiger partial charge in [0.1, 0.15) is 0 Å². The summed E-state index contributed by atoms with van der Waals surface area (Å²) in [6, 6.07) is 5.43. The number of aliphatic carboxylic acids is 1. The molecule has 94 valence electrons. The maximum atomic E-state index is 10.6. The zero-order valence-electron chi connectivity index (χ0n) is 9.47. The summed E-state index contributed by atoms with van der Waals surface area (Å²) in [7, 11) is 0. The summed E-state index contributed by atoms with van der Waals surface area (Å²) in [5.74, 6) is -0.885. The molecule has 0 radical (unpaired) electrons. The molecule has 0 aliphatic rings. The number of carboxylic acid groups (broad SMARTS) is 1. The number of rotatable bonds is 5. The van der Waals surface area contributed by atoms with Crippen LogP contribution >= 0.6 is 23.4 Å². The third-order valence-corrected chi connectivity index (χ3v) is 3.51. The average molecular weight is 283 g/mol. The van der Waals surface area contributed by atoms with Crippen LogP contribution in [0.1, 0.15) is 0 Å². The summed E-state index contributed by atoms with van der Waals surface area (Å²) in [6.07, 6.45) is 1.75. The summed E-state index contributed by atoms with van der Waals surface area (Å²) in [4.78, 5) is 15.0. The van der Waals surface area contributed by atoms with E-state index in [0.29, 0.717) is 16.7 Å². The Morgan fingerprint density at radius 3 is 3.06 bits per heavy atom. The van der Waals surface area contributed by atoms with Gasteiger partial charge in [-0.2, -0.15) is 0 Å². The zero-order valence-corrected chi connectivity index (χ0v) is 11.0. The quantitative estimate of drug-likeness (QED) is 0.676. The maximum Gasteiger partial charge on any atom is 0.313 e. The Balaban J connectivity index is 2.46. The number of carbonyl (C=O) groups is 1. The molecule has 0 saturated carbocycles. The minimum atomic E-state index is -0.866. The van der Waals surface area contributed by atoms with E-state index < -0.39 is 5.97 Å². The van der Waals surface area contributed by atoms with Crippen LogP contribution in [0.5, 0.6) is 0 Å². The first kappa shape index (κ1) is 13.0. The second kappa shape index (κ2) is 5.46. The number of hydrogen-bond acceptors (Lipinski definition) is 3. The number of thioether (sulfide) groups is 1. The second-order valence-corrected chi connectivity index (χ2v) is 4.99. The Morgan fingerprint density at radius 1 is 1.61 bits per heavy atom. The van der Waals surface area contributed by atoms with E-state index in [4.69, 9.17) is 16.7 Å².